The summed E-state index contributed by atoms with van der Waals surface area (Å²) in [6, 6.07) is 12.7. The second-order valence-corrected chi connectivity index (χ2v) is 11.0. The Kier molecular flexibility index (Phi) is 5.98. The van der Waals surface area contributed by atoms with Crippen molar-refractivity contribution in [1.82, 2.24) is 19.4 Å². The third-order valence-corrected chi connectivity index (χ3v) is 8.40. The van der Waals surface area contributed by atoms with E-state index in [0.717, 1.165) is 80.0 Å². The van der Waals surface area contributed by atoms with Crippen LogP contribution < -0.4 is 4.90 Å². The van der Waals surface area contributed by atoms with E-state index in [-0.39, 0.29) is 5.92 Å². The van der Waals surface area contributed by atoms with E-state index in [1.807, 2.05) is 46.1 Å². The molecule has 0 spiro atoms. The number of piperidine rings is 1. The van der Waals surface area contributed by atoms with E-state index in [4.69, 9.17) is 0 Å². The Hall–Kier alpha value is -2.93. The molecule has 6 rings (SSSR count). The van der Waals surface area contributed by atoms with Gasteiger partial charge in [0.1, 0.15) is 5.67 Å². The standard InChI is InChI=1S/C29H36FN5O/c1-21(2)32-13-10-29(30,11-14-32)25-7-5-22(6-8-25)24-19-27-26(9-12-31-35(27)20-24)33-15-17-34(18-16-33)28(36)23-3-4-23/h5-9,12,19-21,23H,3-4,10-11,13-18H2,1-2H3. The number of hydrogen-bond acceptors (Lipinski definition) is 4. The summed E-state index contributed by atoms with van der Waals surface area (Å²) < 4.78 is 17.7. The minimum atomic E-state index is -1.24. The number of alkyl halides is 1. The fourth-order valence-electron chi connectivity index (χ4n) is 5.83. The number of halogens is 1. The fourth-order valence-corrected chi connectivity index (χ4v) is 5.83. The number of carbonyl (C=O) groups is 1. The zero-order valence-electron chi connectivity index (χ0n) is 21.4. The number of piperazine rings is 1. The summed E-state index contributed by atoms with van der Waals surface area (Å²) in [6.07, 6.45) is 7.10. The van der Waals surface area contributed by atoms with E-state index in [2.05, 4.69) is 40.9 Å². The van der Waals surface area contributed by atoms with Crippen molar-refractivity contribution in [3.8, 4) is 11.1 Å². The van der Waals surface area contributed by atoms with Gasteiger partial charge in [0.05, 0.1) is 11.2 Å². The number of benzene rings is 1. The van der Waals surface area contributed by atoms with Gasteiger partial charge in [0.15, 0.2) is 0 Å². The molecule has 1 aliphatic carbocycles. The molecule has 1 amide bonds. The lowest BCUT2D eigenvalue weighted by Gasteiger charge is -2.38. The van der Waals surface area contributed by atoms with Crippen LogP contribution in [0.1, 0.15) is 45.1 Å². The zero-order valence-corrected chi connectivity index (χ0v) is 21.4. The van der Waals surface area contributed by atoms with Gasteiger partial charge in [-0.05, 0) is 62.8 Å². The van der Waals surface area contributed by atoms with Crippen LogP contribution in [0.4, 0.5) is 10.1 Å². The molecule has 0 N–H and O–H groups in total. The van der Waals surface area contributed by atoms with Crippen molar-refractivity contribution < 1.29 is 9.18 Å². The van der Waals surface area contributed by atoms with Gasteiger partial charge in [-0.15, -0.1) is 0 Å². The van der Waals surface area contributed by atoms with E-state index < -0.39 is 5.67 Å². The Morgan fingerprint density at radius 1 is 0.972 bits per heavy atom. The molecule has 1 aromatic carbocycles. The smallest absolute Gasteiger partial charge is 0.225 e. The number of carbonyl (C=O) groups excluding carboxylic acids is 1. The summed E-state index contributed by atoms with van der Waals surface area (Å²) in [6.45, 7) is 9.19. The highest BCUT2D eigenvalue weighted by molar-refractivity contribution is 5.82. The van der Waals surface area contributed by atoms with E-state index in [1.54, 1.807) is 0 Å². The third-order valence-electron chi connectivity index (χ3n) is 8.40. The number of anilines is 1. The summed E-state index contributed by atoms with van der Waals surface area (Å²) >= 11 is 0. The van der Waals surface area contributed by atoms with Gasteiger partial charge in [-0.2, -0.15) is 5.10 Å². The number of amides is 1. The lowest BCUT2D eigenvalue weighted by atomic mass is 9.85. The van der Waals surface area contributed by atoms with Gasteiger partial charge >= 0.3 is 0 Å². The molecule has 2 aromatic heterocycles. The van der Waals surface area contributed by atoms with Crippen molar-refractivity contribution in [2.45, 2.75) is 51.2 Å². The van der Waals surface area contributed by atoms with Crippen molar-refractivity contribution >= 4 is 17.1 Å². The number of likely N-dealkylation sites (tertiary alicyclic amines) is 1. The number of fused-ring (bicyclic) bond motifs is 1. The van der Waals surface area contributed by atoms with E-state index >= 15 is 4.39 Å². The molecule has 36 heavy (non-hydrogen) atoms. The minimum Gasteiger partial charge on any atom is -0.366 e. The maximum Gasteiger partial charge on any atom is 0.225 e. The van der Waals surface area contributed by atoms with Gasteiger partial charge in [0.2, 0.25) is 5.91 Å². The van der Waals surface area contributed by atoms with Crippen LogP contribution in [0.5, 0.6) is 0 Å². The molecule has 3 aromatic rings. The molecule has 2 saturated heterocycles. The number of nitrogens with zero attached hydrogens (tertiary/aromatic N) is 5. The quantitative estimate of drug-likeness (QED) is 0.520. The highest BCUT2D eigenvalue weighted by Crippen LogP contribution is 2.39. The molecule has 3 fully saturated rings. The van der Waals surface area contributed by atoms with Crippen LogP contribution in [0.15, 0.2) is 48.8 Å². The summed E-state index contributed by atoms with van der Waals surface area (Å²) in [5.74, 6) is 0.618. The first-order valence-corrected chi connectivity index (χ1v) is 13.5. The van der Waals surface area contributed by atoms with Gasteiger partial charge in [0.25, 0.3) is 0 Å². The van der Waals surface area contributed by atoms with E-state index in [0.29, 0.717) is 24.8 Å². The molecule has 190 valence electrons. The van der Waals surface area contributed by atoms with Crippen LogP contribution in [-0.2, 0) is 10.5 Å². The first kappa shape index (κ1) is 23.5. The molecule has 7 heteroatoms. The van der Waals surface area contributed by atoms with Crippen molar-refractivity contribution in [3.63, 3.8) is 0 Å². The molecule has 0 atom stereocenters. The van der Waals surface area contributed by atoms with Gasteiger partial charge in [0, 0.05) is 69.2 Å². The van der Waals surface area contributed by atoms with Crippen molar-refractivity contribution in [2.24, 2.45) is 5.92 Å². The Balaban J connectivity index is 1.18. The van der Waals surface area contributed by atoms with Crippen molar-refractivity contribution in [3.05, 3.63) is 54.4 Å². The zero-order chi connectivity index (χ0) is 24.9. The average molecular weight is 490 g/mol. The third kappa shape index (κ3) is 4.38. The van der Waals surface area contributed by atoms with Gasteiger partial charge in [-0.1, -0.05) is 24.3 Å². The first-order chi connectivity index (χ1) is 17.4. The fraction of sp³-hybridized carbons (Fsp3) is 0.517. The topological polar surface area (TPSA) is 44.1 Å². The summed E-state index contributed by atoms with van der Waals surface area (Å²) in [7, 11) is 0. The van der Waals surface area contributed by atoms with Gasteiger partial charge in [-0.3, -0.25) is 4.79 Å². The summed E-state index contributed by atoms with van der Waals surface area (Å²) in [4.78, 5) is 19.2. The molecular formula is C29H36FN5O. The minimum absolute atomic E-state index is 0.281. The molecule has 1 saturated carbocycles. The van der Waals surface area contributed by atoms with Crippen LogP contribution in [0.25, 0.3) is 16.6 Å². The Morgan fingerprint density at radius 3 is 2.31 bits per heavy atom. The summed E-state index contributed by atoms with van der Waals surface area (Å²) in [5.41, 5.74) is 3.89. The van der Waals surface area contributed by atoms with Gasteiger partial charge < -0.3 is 14.7 Å². The van der Waals surface area contributed by atoms with E-state index in [9.17, 15) is 4.79 Å². The Labute approximate surface area is 212 Å². The van der Waals surface area contributed by atoms with Crippen LogP contribution in [-0.4, -0.2) is 70.6 Å². The van der Waals surface area contributed by atoms with Crippen LogP contribution in [0.3, 0.4) is 0 Å². The number of aromatic nitrogens is 2. The first-order valence-electron chi connectivity index (χ1n) is 13.5. The van der Waals surface area contributed by atoms with Crippen LogP contribution in [0, 0.1) is 5.92 Å². The Morgan fingerprint density at radius 2 is 1.67 bits per heavy atom. The molecule has 0 bridgehead atoms. The average Bonchev–Trinajstić information content (AvgIpc) is 3.66. The number of rotatable bonds is 5. The highest BCUT2D eigenvalue weighted by atomic mass is 19.1. The second kappa shape index (κ2) is 9.18. The Bertz CT molecular complexity index is 1230. The van der Waals surface area contributed by atoms with Crippen molar-refractivity contribution in [2.75, 3.05) is 44.2 Å². The van der Waals surface area contributed by atoms with Crippen molar-refractivity contribution in [1.29, 1.82) is 0 Å². The highest BCUT2D eigenvalue weighted by Gasteiger charge is 2.37. The maximum absolute atomic E-state index is 15.8. The predicted octanol–water partition coefficient (Wildman–Crippen LogP) is 4.73. The molecular weight excluding hydrogens is 453 g/mol. The largest absolute Gasteiger partial charge is 0.366 e. The normalized spacial score (nSPS) is 20.9. The van der Waals surface area contributed by atoms with Crippen LogP contribution in [0.2, 0.25) is 0 Å². The summed E-state index contributed by atoms with van der Waals surface area (Å²) in [5, 5.41) is 4.54. The molecule has 4 heterocycles. The molecule has 3 aliphatic rings. The predicted molar refractivity (Wildman–Crippen MR) is 141 cm³/mol. The van der Waals surface area contributed by atoms with E-state index in [1.165, 1.54) is 0 Å². The second-order valence-electron chi connectivity index (χ2n) is 11.0. The molecule has 6 nitrogen and oxygen atoms in total. The molecule has 0 radical (unpaired) electrons. The molecule has 0 unspecified atom stereocenters. The monoisotopic (exact) mass is 489 g/mol. The lowest BCUT2D eigenvalue weighted by Crippen LogP contribution is -2.49. The van der Waals surface area contributed by atoms with Gasteiger partial charge in [-0.25, -0.2) is 8.91 Å². The molecule has 2 aliphatic heterocycles. The SMILES string of the molecule is CC(C)N1CCC(F)(c2ccc(-c3cc4c(N5CCN(C(=O)C6CC6)CC5)ccnn4c3)cc2)CC1. The number of hydrogen-bond donors (Lipinski definition) is 0. The maximum atomic E-state index is 15.8. The lowest BCUT2D eigenvalue weighted by molar-refractivity contribution is -0.132. The van der Waals surface area contributed by atoms with Crippen LogP contribution >= 0.6 is 0 Å².